The molecule has 7 heteroatoms. The molecule has 2 N–H and O–H groups in total. The van der Waals surface area contributed by atoms with Crippen LogP contribution < -0.4 is 5.46 Å². The highest BCUT2D eigenvalue weighted by Gasteiger charge is 2.19. The molecule has 0 atom stereocenters. The Labute approximate surface area is 253 Å². The highest BCUT2D eigenvalue weighted by Crippen LogP contribution is 2.39. The Balaban J connectivity index is 0.00000147. The van der Waals surface area contributed by atoms with Gasteiger partial charge in [-0.15, -0.1) is 11.3 Å². The standard InChI is InChI=1S/C34H22BN3O2S.C2H6/c39-35(40)23-17-18-29-27(20-23)25-13-4-6-15-28(25)38(29)24-12-8-11-22(19-24)34-36-31(21-9-2-1-3-10-21)33-32(37-34)26-14-5-7-16-30(26)41-33;1-2/h1-20,39-40H;1-2H3. The van der Waals surface area contributed by atoms with E-state index in [0.717, 1.165) is 59.9 Å². The van der Waals surface area contributed by atoms with Crippen molar-refractivity contribution in [1.82, 2.24) is 14.5 Å². The fraction of sp³-hybridized carbons (Fsp3) is 0.0556. The summed E-state index contributed by atoms with van der Waals surface area (Å²) >= 11 is 1.73. The van der Waals surface area contributed by atoms with Gasteiger partial charge in [0.25, 0.3) is 0 Å². The van der Waals surface area contributed by atoms with E-state index in [-0.39, 0.29) is 0 Å². The zero-order valence-corrected chi connectivity index (χ0v) is 24.6. The molecule has 0 aliphatic heterocycles. The Morgan fingerprint density at radius 1 is 0.628 bits per heavy atom. The van der Waals surface area contributed by atoms with E-state index in [1.54, 1.807) is 17.4 Å². The number of aromatic nitrogens is 3. The van der Waals surface area contributed by atoms with Crippen LogP contribution in [-0.4, -0.2) is 31.7 Å². The largest absolute Gasteiger partial charge is 0.488 e. The summed E-state index contributed by atoms with van der Waals surface area (Å²) in [6.07, 6.45) is 0. The van der Waals surface area contributed by atoms with Crippen molar-refractivity contribution in [3.8, 4) is 28.3 Å². The van der Waals surface area contributed by atoms with Crippen LogP contribution in [0.1, 0.15) is 13.8 Å². The Morgan fingerprint density at radius 2 is 1.33 bits per heavy atom. The first-order valence-corrected chi connectivity index (χ1v) is 15.2. The second kappa shape index (κ2) is 11.1. The summed E-state index contributed by atoms with van der Waals surface area (Å²) in [6, 6.07) is 40.8. The van der Waals surface area contributed by atoms with Crippen LogP contribution in [0.3, 0.4) is 0 Å². The van der Waals surface area contributed by atoms with Gasteiger partial charge in [0, 0.05) is 37.7 Å². The zero-order valence-electron chi connectivity index (χ0n) is 23.8. The van der Waals surface area contributed by atoms with E-state index >= 15 is 0 Å². The maximum Gasteiger partial charge on any atom is 0.488 e. The van der Waals surface area contributed by atoms with Gasteiger partial charge in [-0.1, -0.05) is 105 Å². The van der Waals surface area contributed by atoms with Gasteiger partial charge < -0.3 is 14.6 Å². The van der Waals surface area contributed by atoms with Gasteiger partial charge in [0.05, 0.1) is 26.9 Å². The zero-order chi connectivity index (χ0) is 29.5. The normalized spacial score (nSPS) is 11.3. The quantitative estimate of drug-likeness (QED) is 0.208. The topological polar surface area (TPSA) is 71.2 Å². The summed E-state index contributed by atoms with van der Waals surface area (Å²) in [4.78, 5) is 10.3. The van der Waals surface area contributed by atoms with Crippen molar-refractivity contribution < 1.29 is 10.0 Å². The molecule has 208 valence electrons. The number of thiophene rings is 1. The molecule has 3 heterocycles. The molecule has 0 spiro atoms. The van der Waals surface area contributed by atoms with Crippen LogP contribution in [0.5, 0.6) is 0 Å². The number of benzene rings is 5. The molecule has 0 radical (unpaired) electrons. The number of nitrogens with zero attached hydrogens (tertiary/aromatic N) is 3. The molecule has 5 nitrogen and oxygen atoms in total. The molecule has 3 aromatic heterocycles. The molecule has 8 aromatic rings. The van der Waals surface area contributed by atoms with E-state index in [9.17, 15) is 10.0 Å². The number of rotatable bonds is 4. The van der Waals surface area contributed by atoms with Crippen LogP contribution in [0.2, 0.25) is 0 Å². The van der Waals surface area contributed by atoms with E-state index in [0.29, 0.717) is 11.3 Å². The first-order chi connectivity index (χ1) is 21.2. The Bertz CT molecular complexity index is 2260. The third-order valence-electron chi connectivity index (χ3n) is 7.62. The van der Waals surface area contributed by atoms with E-state index in [1.807, 2.05) is 62.4 Å². The second-order valence-corrected chi connectivity index (χ2v) is 11.1. The maximum absolute atomic E-state index is 9.81. The van der Waals surface area contributed by atoms with Crippen molar-refractivity contribution in [3.63, 3.8) is 0 Å². The highest BCUT2D eigenvalue weighted by molar-refractivity contribution is 7.26. The fourth-order valence-corrected chi connectivity index (χ4v) is 6.88. The number of para-hydroxylation sites is 1. The van der Waals surface area contributed by atoms with Crippen LogP contribution in [0.15, 0.2) is 121 Å². The van der Waals surface area contributed by atoms with Crippen molar-refractivity contribution in [2.75, 3.05) is 0 Å². The van der Waals surface area contributed by atoms with Gasteiger partial charge in [0.15, 0.2) is 5.82 Å². The minimum absolute atomic E-state index is 0.465. The van der Waals surface area contributed by atoms with E-state index in [4.69, 9.17) is 9.97 Å². The summed E-state index contributed by atoms with van der Waals surface area (Å²) in [6.45, 7) is 4.00. The Hall–Kier alpha value is -4.82. The first-order valence-electron chi connectivity index (χ1n) is 14.4. The molecular weight excluding hydrogens is 549 g/mol. The second-order valence-electron chi connectivity index (χ2n) is 10.1. The van der Waals surface area contributed by atoms with Crippen molar-refractivity contribution in [1.29, 1.82) is 0 Å². The lowest BCUT2D eigenvalue weighted by Crippen LogP contribution is -2.29. The Morgan fingerprint density at radius 3 is 2.14 bits per heavy atom. The SMILES string of the molecule is CC.OB(O)c1ccc2c(c1)c1ccccc1n2-c1cccc(-c2nc(-c3ccccc3)c3sc4ccccc4c3n2)c1. The predicted molar refractivity (Wildman–Crippen MR) is 181 cm³/mol. The van der Waals surface area contributed by atoms with Gasteiger partial charge in [0.1, 0.15) is 0 Å². The maximum atomic E-state index is 9.81. The lowest BCUT2D eigenvalue weighted by atomic mass is 9.80. The highest BCUT2D eigenvalue weighted by atomic mass is 32.1. The van der Waals surface area contributed by atoms with Crippen LogP contribution in [0.4, 0.5) is 0 Å². The third kappa shape index (κ3) is 4.59. The van der Waals surface area contributed by atoms with Crippen LogP contribution in [0, 0.1) is 0 Å². The monoisotopic (exact) mass is 577 g/mol. The number of fused-ring (bicyclic) bond motifs is 6. The van der Waals surface area contributed by atoms with Gasteiger partial charge in [-0.05, 0) is 35.8 Å². The molecule has 0 amide bonds. The minimum Gasteiger partial charge on any atom is -0.423 e. The van der Waals surface area contributed by atoms with Gasteiger partial charge in [-0.3, -0.25) is 0 Å². The van der Waals surface area contributed by atoms with E-state index in [1.165, 1.54) is 4.70 Å². The molecule has 0 saturated heterocycles. The molecular formula is C36H28BN3O2S. The van der Waals surface area contributed by atoms with Crippen molar-refractivity contribution >= 4 is 66.0 Å². The molecule has 0 aliphatic rings. The third-order valence-corrected chi connectivity index (χ3v) is 8.79. The summed E-state index contributed by atoms with van der Waals surface area (Å²) in [5, 5.41) is 22.8. The summed E-state index contributed by atoms with van der Waals surface area (Å²) < 4.78 is 4.48. The van der Waals surface area contributed by atoms with Crippen LogP contribution in [-0.2, 0) is 0 Å². The molecule has 43 heavy (non-hydrogen) atoms. The van der Waals surface area contributed by atoms with E-state index < -0.39 is 7.12 Å². The molecule has 0 aliphatic carbocycles. The van der Waals surface area contributed by atoms with Crippen LogP contribution in [0.25, 0.3) is 70.4 Å². The first kappa shape index (κ1) is 27.0. The lowest BCUT2D eigenvalue weighted by molar-refractivity contribution is 0.426. The smallest absolute Gasteiger partial charge is 0.423 e. The van der Waals surface area contributed by atoms with Crippen molar-refractivity contribution in [2.24, 2.45) is 0 Å². The minimum atomic E-state index is -1.52. The molecule has 0 unspecified atom stereocenters. The molecule has 8 rings (SSSR count). The average Bonchev–Trinajstić information content (AvgIpc) is 3.61. The molecule has 0 saturated carbocycles. The summed E-state index contributed by atoms with van der Waals surface area (Å²) in [7, 11) is -1.52. The summed E-state index contributed by atoms with van der Waals surface area (Å²) in [5.74, 6) is 0.674. The van der Waals surface area contributed by atoms with Crippen molar-refractivity contribution in [2.45, 2.75) is 13.8 Å². The van der Waals surface area contributed by atoms with Gasteiger partial charge in [-0.25, -0.2) is 9.97 Å². The molecule has 5 aromatic carbocycles. The Kier molecular flexibility index (Phi) is 6.99. The van der Waals surface area contributed by atoms with Gasteiger partial charge >= 0.3 is 7.12 Å². The molecule has 0 fully saturated rings. The number of hydrogen-bond donors (Lipinski definition) is 2. The van der Waals surface area contributed by atoms with Gasteiger partial charge in [-0.2, -0.15) is 0 Å². The fourth-order valence-electron chi connectivity index (χ4n) is 5.73. The van der Waals surface area contributed by atoms with Gasteiger partial charge in [0.2, 0.25) is 0 Å². The van der Waals surface area contributed by atoms with Crippen LogP contribution >= 0.6 is 11.3 Å². The molecule has 0 bridgehead atoms. The average molecular weight is 578 g/mol. The lowest BCUT2D eigenvalue weighted by Gasteiger charge is -2.11. The number of hydrogen-bond acceptors (Lipinski definition) is 5. The van der Waals surface area contributed by atoms with E-state index in [2.05, 4.69) is 71.3 Å². The predicted octanol–water partition coefficient (Wildman–Crippen LogP) is 7.98. The summed E-state index contributed by atoms with van der Waals surface area (Å²) in [5.41, 5.74) is 7.35. The van der Waals surface area contributed by atoms with Crippen molar-refractivity contribution in [3.05, 3.63) is 121 Å².